The van der Waals surface area contributed by atoms with Gasteiger partial charge in [0.05, 0.1) is 12.1 Å². The molecule has 0 bridgehead atoms. The highest BCUT2D eigenvalue weighted by Crippen LogP contribution is 2.39. The number of piperidine rings is 2. The van der Waals surface area contributed by atoms with Crippen molar-refractivity contribution in [1.29, 1.82) is 0 Å². The number of phenols is 2. The Morgan fingerprint density at radius 2 is 0.863 bits per heavy atom. The van der Waals surface area contributed by atoms with E-state index in [1.807, 2.05) is 53.4 Å². The van der Waals surface area contributed by atoms with Crippen LogP contribution in [0.4, 0.5) is 0 Å². The summed E-state index contributed by atoms with van der Waals surface area (Å²) < 4.78 is 0. The number of nitrogens with one attached hydrogen (secondary N) is 1. The van der Waals surface area contributed by atoms with E-state index < -0.39 is 0 Å². The van der Waals surface area contributed by atoms with E-state index in [-0.39, 0.29) is 83.1 Å². The molecular weight excluding hydrogens is 1000 g/mol. The summed E-state index contributed by atoms with van der Waals surface area (Å²) in [5.74, 6) is 1.99. The normalized spacial score (nSPS) is 20.4. The van der Waals surface area contributed by atoms with Gasteiger partial charge in [-0.2, -0.15) is 0 Å². The fourth-order valence-electron chi connectivity index (χ4n) is 11.3. The first kappa shape index (κ1) is 59.8. The summed E-state index contributed by atoms with van der Waals surface area (Å²) in [5.41, 5.74) is 4.40. The second-order valence-corrected chi connectivity index (χ2v) is 23.4. The van der Waals surface area contributed by atoms with Crippen molar-refractivity contribution in [2.75, 3.05) is 65.4 Å². The molecular formula is C58H80Cl4N6O5. The van der Waals surface area contributed by atoms with Gasteiger partial charge in [-0.05, 0) is 132 Å². The summed E-state index contributed by atoms with van der Waals surface area (Å²) in [7, 11) is 0. The van der Waals surface area contributed by atoms with E-state index in [9.17, 15) is 24.6 Å². The third kappa shape index (κ3) is 16.0. The van der Waals surface area contributed by atoms with Crippen LogP contribution in [0.5, 0.6) is 11.5 Å². The Morgan fingerprint density at radius 1 is 0.534 bits per heavy atom. The highest BCUT2D eigenvalue weighted by molar-refractivity contribution is 6.30. The topological polar surface area (TPSA) is 120 Å². The number of likely N-dealkylation sites (tertiary alicyclic amines) is 1. The third-order valence-corrected chi connectivity index (χ3v) is 15.9. The van der Waals surface area contributed by atoms with Crippen LogP contribution in [0.3, 0.4) is 0 Å². The molecule has 2 unspecified atom stereocenters. The molecule has 0 saturated carbocycles. The maximum absolute atomic E-state index is 13.6. The molecule has 11 nitrogen and oxygen atoms in total. The van der Waals surface area contributed by atoms with Crippen molar-refractivity contribution in [1.82, 2.24) is 29.8 Å². The number of phenolic OH excluding ortho intramolecular Hbond substituents is 2. The van der Waals surface area contributed by atoms with Gasteiger partial charge in [-0.25, -0.2) is 0 Å². The van der Waals surface area contributed by atoms with E-state index in [4.69, 9.17) is 23.2 Å². The van der Waals surface area contributed by atoms with Crippen molar-refractivity contribution in [2.24, 2.45) is 22.7 Å². The van der Waals surface area contributed by atoms with Gasteiger partial charge < -0.3 is 30.2 Å². The first-order chi connectivity index (χ1) is 33.7. The van der Waals surface area contributed by atoms with Gasteiger partial charge in [-0.1, -0.05) is 113 Å². The lowest BCUT2D eigenvalue weighted by molar-refractivity contribution is -0.142. The van der Waals surface area contributed by atoms with Crippen molar-refractivity contribution in [2.45, 2.75) is 111 Å². The summed E-state index contributed by atoms with van der Waals surface area (Å²) in [6.45, 7) is 23.0. The lowest BCUT2D eigenvalue weighted by Gasteiger charge is -2.50. The first-order valence-corrected chi connectivity index (χ1v) is 26.6. The second kappa shape index (κ2) is 26.6. The quantitative estimate of drug-likeness (QED) is 0.144. The molecule has 4 atom stereocenters. The number of amides is 3. The van der Waals surface area contributed by atoms with Gasteiger partial charge in [-0.3, -0.25) is 24.2 Å². The van der Waals surface area contributed by atoms with E-state index in [1.165, 1.54) is 0 Å². The lowest BCUT2D eigenvalue weighted by atomic mass is 9.82. The maximum atomic E-state index is 13.6. The van der Waals surface area contributed by atoms with Crippen molar-refractivity contribution in [3.05, 3.63) is 129 Å². The van der Waals surface area contributed by atoms with Gasteiger partial charge in [0.1, 0.15) is 11.5 Å². The van der Waals surface area contributed by atoms with Crippen LogP contribution in [0.25, 0.3) is 0 Å². The molecule has 15 heteroatoms. The first-order valence-electron chi connectivity index (χ1n) is 25.9. The zero-order valence-corrected chi connectivity index (χ0v) is 47.1. The molecule has 0 aliphatic carbocycles. The Kier molecular flexibility index (Phi) is 21.8. The molecule has 4 saturated heterocycles. The molecule has 4 aromatic rings. The zero-order valence-electron chi connectivity index (χ0n) is 43.9. The number of aromatic hydroxyl groups is 2. The number of carbonyl (C=O) groups excluding carboxylic acids is 3. The van der Waals surface area contributed by atoms with Gasteiger partial charge in [0.25, 0.3) is 0 Å². The number of piperazine rings is 2. The molecule has 0 aromatic heterocycles. The number of benzene rings is 4. The minimum atomic E-state index is -0.0914. The van der Waals surface area contributed by atoms with Crippen LogP contribution in [0, 0.1) is 22.7 Å². The van der Waals surface area contributed by atoms with Crippen LogP contribution in [-0.4, -0.2) is 130 Å². The Hall–Kier alpha value is -4.07. The molecule has 8 rings (SSSR count). The van der Waals surface area contributed by atoms with Crippen LogP contribution < -0.4 is 5.32 Å². The smallest absolute Gasteiger partial charge is 0.223 e. The molecule has 4 aliphatic rings. The van der Waals surface area contributed by atoms with Crippen LogP contribution >= 0.6 is 48.0 Å². The highest BCUT2D eigenvalue weighted by Gasteiger charge is 2.42. The highest BCUT2D eigenvalue weighted by atomic mass is 35.5. The average Bonchev–Trinajstić information content (AvgIpc) is 3.34. The minimum Gasteiger partial charge on any atom is -0.508 e. The summed E-state index contributed by atoms with van der Waals surface area (Å²) in [4.78, 5) is 49.9. The van der Waals surface area contributed by atoms with Crippen molar-refractivity contribution < 1.29 is 24.6 Å². The van der Waals surface area contributed by atoms with Gasteiger partial charge in [0.2, 0.25) is 17.7 Å². The molecule has 4 aliphatic heterocycles. The molecule has 3 N–H and O–H groups in total. The molecule has 4 aromatic carbocycles. The van der Waals surface area contributed by atoms with Crippen LogP contribution in [0.15, 0.2) is 97.1 Å². The van der Waals surface area contributed by atoms with Crippen molar-refractivity contribution >= 4 is 65.7 Å². The van der Waals surface area contributed by atoms with Gasteiger partial charge >= 0.3 is 0 Å². The number of carbonyl (C=O) groups is 3. The minimum absolute atomic E-state index is 0. The van der Waals surface area contributed by atoms with E-state index in [1.54, 1.807) is 31.2 Å². The van der Waals surface area contributed by atoms with E-state index in [0.29, 0.717) is 47.2 Å². The SMILES string of the molecule is CC(=O)N1CCC(CC(=O)N2CCN(C(c3ccc(O)cc3)c3ccc(Cl)cc3)C[C@@H]2C(C)(C)C)CC1.CC(C)(C)[C@H]1CN(C(c2ccc(O)cc2)c2ccc(Cl)cc2)CCN1C(=O)CC1CCNCC1.Cl.Cl. The molecule has 0 spiro atoms. The van der Waals surface area contributed by atoms with Crippen molar-refractivity contribution in [3.63, 3.8) is 0 Å². The molecule has 73 heavy (non-hydrogen) atoms. The number of halogens is 4. The van der Waals surface area contributed by atoms with Crippen LogP contribution in [0.2, 0.25) is 10.0 Å². The second-order valence-electron chi connectivity index (χ2n) is 22.6. The monoisotopic (exact) mass is 1080 g/mol. The van der Waals surface area contributed by atoms with Gasteiger partial charge in [-0.15, -0.1) is 24.8 Å². The summed E-state index contributed by atoms with van der Waals surface area (Å²) in [5, 5.41) is 24.6. The van der Waals surface area contributed by atoms with Crippen LogP contribution in [0.1, 0.15) is 121 Å². The van der Waals surface area contributed by atoms with Crippen LogP contribution in [-0.2, 0) is 14.4 Å². The number of nitrogens with zero attached hydrogens (tertiary/aromatic N) is 5. The number of hydrogen-bond acceptors (Lipinski definition) is 8. The molecule has 4 fully saturated rings. The summed E-state index contributed by atoms with van der Waals surface area (Å²) >= 11 is 12.4. The lowest BCUT2D eigenvalue weighted by Crippen LogP contribution is -2.60. The average molecular weight is 1080 g/mol. The van der Waals surface area contributed by atoms with Gasteiger partial charge in [0, 0.05) is 94.3 Å². The zero-order chi connectivity index (χ0) is 51.0. The standard InChI is InChI=1S/C30H40ClN3O3.C28H38ClN3O2.2ClH/c1-21(35)32-15-13-22(14-16-32)19-28(37)34-18-17-33(20-27(34)30(2,3)4)29(23-5-9-25(31)10-6-23)24-7-11-26(36)12-8-24;1-28(2,3)25-19-31(16-17-32(25)26(34)18-20-12-14-30-15-13-20)27(21-4-8-23(29)9-5-21)22-6-10-24(33)11-7-22;;/h5-12,22,27,29,36H,13-20H2,1-4H3;4-11,20,25,27,30,33H,12-19H2,1-3H3;2*1H/t27-,29?;25-,27?;;/m11../s1. The third-order valence-electron chi connectivity index (χ3n) is 15.4. The Bertz CT molecular complexity index is 2270. The van der Waals surface area contributed by atoms with E-state index >= 15 is 0 Å². The molecule has 400 valence electrons. The Labute approximate surface area is 457 Å². The summed E-state index contributed by atoms with van der Waals surface area (Å²) in [6, 6.07) is 31.1. The Balaban J connectivity index is 0.000000264. The Morgan fingerprint density at radius 3 is 1.19 bits per heavy atom. The predicted octanol–water partition coefficient (Wildman–Crippen LogP) is 11.3. The van der Waals surface area contributed by atoms with Gasteiger partial charge in [0.15, 0.2) is 0 Å². The number of rotatable bonds is 10. The fourth-order valence-corrected chi connectivity index (χ4v) is 11.5. The molecule has 4 heterocycles. The molecule has 3 amide bonds. The molecule has 0 radical (unpaired) electrons. The van der Waals surface area contributed by atoms with E-state index in [2.05, 4.69) is 90.7 Å². The predicted molar refractivity (Wildman–Crippen MR) is 300 cm³/mol. The number of hydrogen-bond donors (Lipinski definition) is 3. The van der Waals surface area contributed by atoms with E-state index in [0.717, 1.165) is 107 Å². The fraction of sp³-hybridized carbons (Fsp3) is 0.534. The van der Waals surface area contributed by atoms with Crippen molar-refractivity contribution in [3.8, 4) is 11.5 Å². The summed E-state index contributed by atoms with van der Waals surface area (Å²) in [6.07, 6.45) is 5.18. The maximum Gasteiger partial charge on any atom is 0.223 e. The largest absolute Gasteiger partial charge is 0.508 e.